The van der Waals surface area contributed by atoms with Gasteiger partial charge >= 0.3 is 0 Å². The van der Waals surface area contributed by atoms with Crippen molar-refractivity contribution in [2.75, 3.05) is 14.2 Å². The second-order valence-electron chi connectivity index (χ2n) is 9.92. The number of ether oxygens (including phenoxy) is 1. The number of rotatable bonds is 7. The maximum Gasteiger partial charge on any atom is 0.255 e. The van der Waals surface area contributed by atoms with E-state index in [4.69, 9.17) is 9.15 Å². The quantitative estimate of drug-likeness (QED) is 0.244. The van der Waals surface area contributed by atoms with Crippen molar-refractivity contribution >= 4 is 22.8 Å². The highest BCUT2D eigenvalue weighted by Gasteiger charge is 2.45. The molecule has 1 aliphatic carbocycles. The molecule has 0 saturated heterocycles. The van der Waals surface area contributed by atoms with E-state index >= 15 is 0 Å². The van der Waals surface area contributed by atoms with Gasteiger partial charge in [-0.3, -0.25) is 9.59 Å². The maximum absolute atomic E-state index is 13.6. The second-order valence-corrected chi connectivity index (χ2v) is 9.92. The van der Waals surface area contributed by atoms with Crippen LogP contribution in [0.15, 0.2) is 95.4 Å². The van der Waals surface area contributed by atoms with E-state index in [0.717, 1.165) is 24.0 Å². The molecule has 1 aromatic heterocycles. The van der Waals surface area contributed by atoms with Crippen LogP contribution in [-0.4, -0.2) is 26.0 Å². The molecule has 6 nitrogen and oxygen atoms in total. The molecule has 40 heavy (non-hydrogen) atoms. The van der Waals surface area contributed by atoms with Gasteiger partial charge in [-0.2, -0.15) is 0 Å². The monoisotopic (exact) mass is 534 g/mol. The van der Waals surface area contributed by atoms with E-state index in [9.17, 15) is 14.0 Å². The fourth-order valence-corrected chi connectivity index (χ4v) is 5.15. The number of furan rings is 1. The van der Waals surface area contributed by atoms with Crippen LogP contribution in [0.4, 0.5) is 4.39 Å². The average molecular weight is 535 g/mol. The van der Waals surface area contributed by atoms with Gasteiger partial charge in [0.25, 0.3) is 11.8 Å². The van der Waals surface area contributed by atoms with Gasteiger partial charge in [0.1, 0.15) is 22.9 Å². The smallest absolute Gasteiger partial charge is 0.255 e. The Bertz CT molecular complexity index is 1740. The van der Waals surface area contributed by atoms with Gasteiger partial charge in [0.2, 0.25) is 0 Å². The number of hydrogen-bond donors (Lipinski definition) is 2. The molecule has 1 fully saturated rings. The Morgan fingerprint density at radius 2 is 1.60 bits per heavy atom. The van der Waals surface area contributed by atoms with Gasteiger partial charge in [-0.1, -0.05) is 36.4 Å². The molecule has 0 unspecified atom stereocenters. The lowest BCUT2D eigenvalue weighted by Crippen LogP contribution is -2.34. The van der Waals surface area contributed by atoms with Crippen LogP contribution < -0.4 is 15.4 Å². The number of benzene rings is 4. The molecule has 200 valence electrons. The molecule has 7 heteroatoms. The first-order valence-corrected chi connectivity index (χ1v) is 13.0. The summed E-state index contributed by atoms with van der Waals surface area (Å²) in [5.74, 6) is 0.0624. The number of hydrogen-bond acceptors (Lipinski definition) is 4. The number of methoxy groups -OCH3 is 1. The third kappa shape index (κ3) is 4.49. The summed E-state index contributed by atoms with van der Waals surface area (Å²) in [5, 5.41) is 6.50. The Hall–Kier alpha value is -4.91. The molecule has 0 bridgehead atoms. The first-order valence-electron chi connectivity index (χ1n) is 13.0. The minimum absolute atomic E-state index is 0.167. The molecule has 1 aliphatic rings. The maximum atomic E-state index is 13.6. The zero-order valence-corrected chi connectivity index (χ0v) is 22.1. The Labute approximate surface area is 230 Å². The van der Waals surface area contributed by atoms with Crippen LogP contribution >= 0.6 is 0 Å². The summed E-state index contributed by atoms with van der Waals surface area (Å²) >= 11 is 0. The van der Waals surface area contributed by atoms with Crippen LogP contribution in [0, 0.1) is 5.82 Å². The van der Waals surface area contributed by atoms with Crippen LogP contribution in [0.2, 0.25) is 0 Å². The van der Waals surface area contributed by atoms with Crippen LogP contribution in [0.25, 0.3) is 33.4 Å². The Morgan fingerprint density at radius 1 is 0.875 bits per heavy atom. The van der Waals surface area contributed by atoms with Gasteiger partial charge in [-0.15, -0.1) is 0 Å². The van der Waals surface area contributed by atoms with E-state index < -0.39 is 0 Å². The molecule has 0 atom stereocenters. The highest BCUT2D eigenvalue weighted by Crippen LogP contribution is 2.46. The van der Waals surface area contributed by atoms with E-state index in [1.54, 1.807) is 50.6 Å². The molecule has 4 aromatic carbocycles. The molecule has 1 saturated carbocycles. The molecule has 5 aromatic rings. The van der Waals surface area contributed by atoms with Crippen LogP contribution in [-0.2, 0) is 5.54 Å². The van der Waals surface area contributed by atoms with E-state index in [1.807, 2.05) is 42.5 Å². The van der Waals surface area contributed by atoms with Crippen molar-refractivity contribution in [2.24, 2.45) is 0 Å². The third-order valence-electron chi connectivity index (χ3n) is 7.45. The fraction of sp³-hybridized carbons (Fsp3) is 0.152. The predicted molar refractivity (Wildman–Crippen MR) is 152 cm³/mol. The molecule has 0 spiro atoms. The van der Waals surface area contributed by atoms with Crippen LogP contribution in [0.1, 0.15) is 39.1 Å². The minimum Gasteiger partial charge on any atom is -0.496 e. The topological polar surface area (TPSA) is 80.6 Å². The number of carbonyl (C=O) groups is 2. The largest absolute Gasteiger partial charge is 0.496 e. The summed E-state index contributed by atoms with van der Waals surface area (Å²) in [7, 11) is 3.12. The lowest BCUT2D eigenvalue weighted by molar-refractivity contribution is 0.0929. The lowest BCUT2D eigenvalue weighted by Gasteiger charge is -2.19. The van der Waals surface area contributed by atoms with Gasteiger partial charge < -0.3 is 19.8 Å². The minimum atomic E-state index is -0.379. The first kappa shape index (κ1) is 25.4. The summed E-state index contributed by atoms with van der Waals surface area (Å²) in [6.07, 6.45) is 1.78. The Balaban J connectivity index is 1.41. The molecule has 6 rings (SSSR count). The number of carbonyl (C=O) groups excluding carboxylic acids is 2. The van der Waals surface area contributed by atoms with Crippen molar-refractivity contribution in [1.82, 2.24) is 10.6 Å². The number of nitrogens with one attached hydrogen (secondary N) is 2. The summed E-state index contributed by atoms with van der Waals surface area (Å²) in [4.78, 5) is 26.4. The molecule has 2 amide bonds. The van der Waals surface area contributed by atoms with Crippen molar-refractivity contribution in [3.8, 4) is 28.2 Å². The van der Waals surface area contributed by atoms with Gasteiger partial charge in [0.05, 0.1) is 18.2 Å². The first-order chi connectivity index (χ1) is 19.4. The second kappa shape index (κ2) is 10.0. The molecular weight excluding hydrogens is 507 g/mol. The van der Waals surface area contributed by atoms with Gasteiger partial charge in [0, 0.05) is 29.1 Å². The van der Waals surface area contributed by atoms with E-state index in [2.05, 4.69) is 10.6 Å². The summed E-state index contributed by atoms with van der Waals surface area (Å²) < 4.78 is 25.3. The standard InChI is InChI=1S/C33H27FN2O4/c1-35-32(38)29-26-18-21(10-15-28(26)40-30(29)20-8-12-24(34)13-9-20)25-19-22(11-14-27(25)39-2)31(37)36-33(16-17-33)23-6-4-3-5-7-23/h3-15,18-19H,16-17H2,1-2H3,(H,35,38)(H,36,37). The molecule has 0 aliphatic heterocycles. The van der Waals surface area contributed by atoms with Crippen molar-refractivity contribution in [3.05, 3.63) is 114 Å². The molecule has 2 N–H and O–H groups in total. The summed E-state index contributed by atoms with van der Waals surface area (Å²) in [6.45, 7) is 0. The highest BCUT2D eigenvalue weighted by molar-refractivity contribution is 6.12. The Kier molecular flexibility index (Phi) is 6.34. The Morgan fingerprint density at radius 3 is 2.27 bits per heavy atom. The summed E-state index contributed by atoms with van der Waals surface area (Å²) in [6, 6.07) is 26.6. The van der Waals surface area contributed by atoms with Gasteiger partial charge in [0.15, 0.2) is 0 Å². The third-order valence-corrected chi connectivity index (χ3v) is 7.45. The molecular formula is C33H27FN2O4. The zero-order chi connectivity index (χ0) is 27.9. The van der Waals surface area contributed by atoms with Crippen molar-refractivity contribution in [1.29, 1.82) is 0 Å². The lowest BCUT2D eigenvalue weighted by atomic mass is 9.97. The van der Waals surface area contributed by atoms with Crippen molar-refractivity contribution in [2.45, 2.75) is 18.4 Å². The van der Waals surface area contributed by atoms with Crippen molar-refractivity contribution < 1.29 is 23.1 Å². The van der Waals surface area contributed by atoms with Gasteiger partial charge in [-0.05, 0) is 78.6 Å². The SMILES string of the molecule is CNC(=O)c1c(-c2ccc(F)cc2)oc2ccc(-c3cc(C(=O)NC4(c5ccccc5)CC4)ccc3OC)cc12. The van der Waals surface area contributed by atoms with Crippen molar-refractivity contribution in [3.63, 3.8) is 0 Å². The van der Waals surface area contributed by atoms with E-state index in [0.29, 0.717) is 44.7 Å². The average Bonchev–Trinajstić information content (AvgIpc) is 3.68. The number of fused-ring (bicyclic) bond motifs is 1. The van der Waals surface area contributed by atoms with E-state index in [1.165, 1.54) is 12.1 Å². The normalized spacial score (nSPS) is 13.6. The van der Waals surface area contributed by atoms with Gasteiger partial charge in [-0.25, -0.2) is 4.39 Å². The van der Waals surface area contributed by atoms with Crippen LogP contribution in [0.3, 0.4) is 0 Å². The summed E-state index contributed by atoms with van der Waals surface area (Å²) in [5.41, 5.74) is 4.15. The predicted octanol–water partition coefficient (Wildman–Crippen LogP) is 6.69. The van der Waals surface area contributed by atoms with Crippen LogP contribution in [0.5, 0.6) is 5.75 Å². The zero-order valence-electron chi connectivity index (χ0n) is 22.1. The van der Waals surface area contributed by atoms with E-state index in [-0.39, 0.29) is 23.2 Å². The molecule has 0 radical (unpaired) electrons. The fourth-order valence-electron chi connectivity index (χ4n) is 5.15. The number of amides is 2. The number of halogens is 1. The highest BCUT2D eigenvalue weighted by atomic mass is 19.1. The molecule has 1 heterocycles.